The lowest BCUT2D eigenvalue weighted by molar-refractivity contribution is -0.139. The maximum Gasteiger partial charge on any atom is 0.325 e. The van der Waals surface area contributed by atoms with Gasteiger partial charge in [-0.25, -0.2) is 0 Å². The number of ether oxygens (including phenoxy) is 2. The molecule has 1 amide bonds. The molecule has 6 nitrogen and oxygen atoms in total. The van der Waals surface area contributed by atoms with E-state index in [0.717, 1.165) is 27.9 Å². The SMILES string of the molecule is COC(=O)CNC(=C1C(=O)Nc2ccccc21)c1ccc2c(c1)COC2. The lowest BCUT2D eigenvalue weighted by Crippen LogP contribution is -2.24. The zero-order chi connectivity index (χ0) is 18.1. The summed E-state index contributed by atoms with van der Waals surface area (Å²) in [7, 11) is 1.33. The fourth-order valence-corrected chi connectivity index (χ4v) is 3.26. The summed E-state index contributed by atoms with van der Waals surface area (Å²) in [5.74, 6) is -0.602. The first-order valence-corrected chi connectivity index (χ1v) is 8.33. The number of esters is 1. The molecule has 26 heavy (non-hydrogen) atoms. The van der Waals surface area contributed by atoms with Gasteiger partial charge in [0.05, 0.1) is 31.6 Å². The number of hydrogen-bond donors (Lipinski definition) is 2. The highest BCUT2D eigenvalue weighted by molar-refractivity contribution is 6.36. The van der Waals surface area contributed by atoms with Gasteiger partial charge in [-0.05, 0) is 28.8 Å². The van der Waals surface area contributed by atoms with Crippen LogP contribution in [0.3, 0.4) is 0 Å². The topological polar surface area (TPSA) is 76.7 Å². The summed E-state index contributed by atoms with van der Waals surface area (Å²) in [5, 5.41) is 5.97. The summed E-state index contributed by atoms with van der Waals surface area (Å²) in [5.41, 5.74) is 5.75. The summed E-state index contributed by atoms with van der Waals surface area (Å²) in [6.07, 6.45) is 0. The molecule has 2 aliphatic rings. The molecule has 2 aromatic rings. The lowest BCUT2D eigenvalue weighted by atomic mass is 9.98. The van der Waals surface area contributed by atoms with Crippen molar-refractivity contribution in [3.8, 4) is 0 Å². The first-order valence-electron chi connectivity index (χ1n) is 8.33. The molecule has 2 N–H and O–H groups in total. The average Bonchev–Trinajstić information content (AvgIpc) is 3.25. The van der Waals surface area contributed by atoms with Crippen LogP contribution >= 0.6 is 0 Å². The van der Waals surface area contributed by atoms with Gasteiger partial charge in [-0.3, -0.25) is 9.59 Å². The number of carbonyl (C=O) groups excluding carboxylic acids is 2. The van der Waals surface area contributed by atoms with E-state index < -0.39 is 5.97 Å². The summed E-state index contributed by atoms with van der Waals surface area (Å²) in [4.78, 5) is 24.3. The second-order valence-corrected chi connectivity index (χ2v) is 6.16. The van der Waals surface area contributed by atoms with Crippen molar-refractivity contribution in [2.45, 2.75) is 13.2 Å². The number of benzene rings is 2. The molecule has 0 aromatic heterocycles. The van der Waals surface area contributed by atoms with Gasteiger partial charge < -0.3 is 20.1 Å². The Morgan fingerprint density at radius 3 is 2.85 bits per heavy atom. The highest BCUT2D eigenvalue weighted by atomic mass is 16.5. The summed E-state index contributed by atoms with van der Waals surface area (Å²) >= 11 is 0. The summed E-state index contributed by atoms with van der Waals surface area (Å²) in [6, 6.07) is 13.4. The van der Waals surface area contributed by atoms with Crippen LogP contribution in [0.1, 0.15) is 22.3 Å². The fraction of sp³-hybridized carbons (Fsp3) is 0.200. The predicted molar refractivity (Wildman–Crippen MR) is 96.8 cm³/mol. The monoisotopic (exact) mass is 350 g/mol. The molecule has 0 aliphatic carbocycles. The van der Waals surface area contributed by atoms with E-state index in [9.17, 15) is 9.59 Å². The van der Waals surface area contributed by atoms with E-state index >= 15 is 0 Å². The Labute approximate surface area is 150 Å². The first kappa shape index (κ1) is 16.4. The van der Waals surface area contributed by atoms with E-state index in [2.05, 4.69) is 10.6 Å². The van der Waals surface area contributed by atoms with Crippen LogP contribution in [-0.2, 0) is 32.3 Å². The molecular formula is C20H18N2O4. The maximum atomic E-state index is 12.6. The molecule has 2 aromatic carbocycles. The minimum Gasteiger partial charge on any atom is -0.468 e. The van der Waals surface area contributed by atoms with Crippen LogP contribution in [0.5, 0.6) is 0 Å². The highest BCUT2D eigenvalue weighted by Gasteiger charge is 2.28. The van der Waals surface area contributed by atoms with Gasteiger partial charge in [0.15, 0.2) is 0 Å². The predicted octanol–water partition coefficient (Wildman–Crippen LogP) is 2.30. The first-order chi connectivity index (χ1) is 12.7. The Hall–Kier alpha value is -3.12. The van der Waals surface area contributed by atoms with Gasteiger partial charge in [0.25, 0.3) is 5.91 Å². The maximum absolute atomic E-state index is 12.6. The molecule has 6 heteroatoms. The molecule has 0 bridgehead atoms. The molecule has 0 saturated carbocycles. The standard InChI is InChI=1S/C20H18N2O4/c1-25-17(23)9-21-19(12-6-7-13-10-26-11-14(13)8-12)18-15-4-2-3-5-16(15)22-20(18)24/h2-8,21H,9-11H2,1H3,(H,22,24). The van der Waals surface area contributed by atoms with Gasteiger partial charge in [0.1, 0.15) is 6.54 Å². The van der Waals surface area contributed by atoms with E-state index in [-0.39, 0.29) is 12.5 Å². The molecule has 132 valence electrons. The smallest absolute Gasteiger partial charge is 0.325 e. The molecule has 0 fully saturated rings. The normalized spacial score (nSPS) is 16.6. The molecular weight excluding hydrogens is 332 g/mol. The zero-order valence-corrected chi connectivity index (χ0v) is 14.3. The second kappa shape index (κ2) is 6.65. The van der Waals surface area contributed by atoms with Crippen LogP contribution in [0.15, 0.2) is 42.5 Å². The van der Waals surface area contributed by atoms with E-state index in [0.29, 0.717) is 24.5 Å². The van der Waals surface area contributed by atoms with E-state index in [1.54, 1.807) is 0 Å². The van der Waals surface area contributed by atoms with Crippen molar-refractivity contribution >= 4 is 28.8 Å². The van der Waals surface area contributed by atoms with E-state index in [1.165, 1.54) is 7.11 Å². The molecule has 0 spiro atoms. The number of fused-ring (bicyclic) bond motifs is 2. The van der Waals surface area contributed by atoms with Gasteiger partial charge in [-0.15, -0.1) is 0 Å². The van der Waals surface area contributed by atoms with Crippen molar-refractivity contribution in [3.63, 3.8) is 0 Å². The third-order valence-corrected chi connectivity index (χ3v) is 4.57. The molecule has 0 unspecified atom stereocenters. The van der Waals surface area contributed by atoms with Crippen molar-refractivity contribution in [2.24, 2.45) is 0 Å². The minimum absolute atomic E-state index is 0.0294. The molecule has 0 radical (unpaired) electrons. The highest BCUT2D eigenvalue weighted by Crippen LogP contribution is 2.36. The Morgan fingerprint density at radius 1 is 1.19 bits per heavy atom. The van der Waals surface area contributed by atoms with Gasteiger partial charge in [-0.1, -0.05) is 30.3 Å². The van der Waals surface area contributed by atoms with Crippen LogP contribution in [0.25, 0.3) is 11.3 Å². The molecule has 2 heterocycles. The van der Waals surface area contributed by atoms with Crippen molar-refractivity contribution < 1.29 is 19.1 Å². The Kier molecular flexibility index (Phi) is 4.18. The van der Waals surface area contributed by atoms with Gasteiger partial charge >= 0.3 is 5.97 Å². The Morgan fingerprint density at radius 2 is 2.00 bits per heavy atom. The minimum atomic E-state index is -0.403. The number of rotatable bonds is 4. The van der Waals surface area contributed by atoms with Gasteiger partial charge in [0, 0.05) is 11.3 Å². The average molecular weight is 350 g/mol. The van der Waals surface area contributed by atoms with Crippen molar-refractivity contribution in [3.05, 3.63) is 64.7 Å². The third-order valence-electron chi connectivity index (χ3n) is 4.57. The van der Waals surface area contributed by atoms with Crippen molar-refractivity contribution in [2.75, 3.05) is 19.0 Å². The Bertz CT molecular complexity index is 933. The molecule has 2 aliphatic heterocycles. The van der Waals surface area contributed by atoms with Crippen LogP contribution in [0.2, 0.25) is 0 Å². The molecule has 0 atom stereocenters. The molecule has 4 rings (SSSR count). The number of nitrogens with one attached hydrogen (secondary N) is 2. The van der Waals surface area contributed by atoms with Crippen molar-refractivity contribution in [1.29, 1.82) is 0 Å². The zero-order valence-electron chi connectivity index (χ0n) is 14.3. The van der Waals surface area contributed by atoms with Crippen molar-refractivity contribution in [1.82, 2.24) is 5.32 Å². The van der Waals surface area contributed by atoms with Gasteiger partial charge in [0.2, 0.25) is 0 Å². The van der Waals surface area contributed by atoms with Crippen LogP contribution in [0.4, 0.5) is 5.69 Å². The summed E-state index contributed by atoms with van der Waals surface area (Å²) in [6.45, 7) is 1.12. The number of para-hydroxylation sites is 1. The van der Waals surface area contributed by atoms with Crippen LogP contribution < -0.4 is 10.6 Å². The van der Waals surface area contributed by atoms with Crippen LogP contribution in [-0.4, -0.2) is 25.5 Å². The largest absolute Gasteiger partial charge is 0.468 e. The lowest BCUT2D eigenvalue weighted by Gasteiger charge is -2.14. The number of amides is 1. The number of methoxy groups -OCH3 is 1. The second-order valence-electron chi connectivity index (χ2n) is 6.16. The quantitative estimate of drug-likeness (QED) is 0.654. The third kappa shape index (κ3) is 2.84. The molecule has 0 saturated heterocycles. The number of hydrogen-bond acceptors (Lipinski definition) is 5. The van der Waals surface area contributed by atoms with E-state index in [1.807, 2.05) is 42.5 Å². The van der Waals surface area contributed by atoms with E-state index in [4.69, 9.17) is 9.47 Å². The Balaban J connectivity index is 1.83. The van der Waals surface area contributed by atoms with Gasteiger partial charge in [-0.2, -0.15) is 0 Å². The summed E-state index contributed by atoms with van der Waals surface area (Å²) < 4.78 is 10.2. The fourth-order valence-electron chi connectivity index (χ4n) is 3.26. The number of carbonyl (C=O) groups is 2. The van der Waals surface area contributed by atoms with Crippen LogP contribution in [0, 0.1) is 0 Å². The number of anilines is 1.